The van der Waals surface area contributed by atoms with E-state index in [2.05, 4.69) is 39.2 Å². The molecule has 1 aliphatic heterocycles. The van der Waals surface area contributed by atoms with E-state index < -0.39 is 31.0 Å². The Morgan fingerprint density at radius 2 is 1.82 bits per heavy atom. The number of thioether (sulfide) groups is 1. The first-order valence-corrected chi connectivity index (χ1v) is 17.4. The molecule has 226 valence electrons. The number of nitrogens with one attached hydrogen (secondary N) is 1. The fraction of sp³-hybridized carbons (Fsp3) is 0.704. The van der Waals surface area contributed by atoms with E-state index in [0.29, 0.717) is 24.3 Å². The molecule has 1 aromatic carbocycles. The number of nitro groups is 1. The summed E-state index contributed by atoms with van der Waals surface area (Å²) >= 11 is 1.47. The highest BCUT2D eigenvalue weighted by Crippen LogP contribution is 2.40. The minimum Gasteiger partial charge on any atom is -0.445 e. The number of nitro benzene ring substituents is 1. The summed E-state index contributed by atoms with van der Waals surface area (Å²) in [5, 5.41) is 22.9. The molecule has 2 amide bonds. The van der Waals surface area contributed by atoms with Crippen LogP contribution < -0.4 is 5.32 Å². The van der Waals surface area contributed by atoms with Crippen molar-refractivity contribution in [2.45, 2.75) is 95.7 Å². The molecule has 2 N–H and O–H groups in total. The summed E-state index contributed by atoms with van der Waals surface area (Å²) in [4.78, 5) is 37.8. The SMILES string of the molecule is CC(C)(C)OC(=O)N1C[C@H](O[Si](C)(C)C(C)(C)C)C[C@H]1C(CNC(=O)OCc1ccc([N+](=O)[O-])cc1)SCCO. The highest BCUT2D eigenvalue weighted by atomic mass is 32.2. The maximum atomic E-state index is 13.3. The van der Waals surface area contributed by atoms with Crippen LogP contribution in [0.15, 0.2) is 24.3 Å². The second-order valence-corrected chi connectivity index (χ2v) is 18.6. The molecule has 0 radical (unpaired) electrons. The lowest BCUT2D eigenvalue weighted by Gasteiger charge is -2.38. The van der Waals surface area contributed by atoms with E-state index in [0.717, 1.165) is 0 Å². The monoisotopic (exact) mass is 599 g/mol. The number of carbonyl (C=O) groups excluding carboxylic acids is 2. The van der Waals surface area contributed by atoms with Gasteiger partial charge in [0.25, 0.3) is 5.69 Å². The number of aliphatic hydroxyl groups is 1. The van der Waals surface area contributed by atoms with Crippen LogP contribution in [0.4, 0.5) is 15.3 Å². The smallest absolute Gasteiger partial charge is 0.410 e. The summed E-state index contributed by atoms with van der Waals surface area (Å²) in [5.74, 6) is 0.427. The van der Waals surface area contributed by atoms with Crippen molar-refractivity contribution in [2.75, 3.05) is 25.4 Å². The van der Waals surface area contributed by atoms with Crippen molar-refractivity contribution in [1.82, 2.24) is 10.2 Å². The first-order chi connectivity index (χ1) is 18.4. The van der Waals surface area contributed by atoms with Gasteiger partial charge in [0.15, 0.2) is 8.32 Å². The van der Waals surface area contributed by atoms with Crippen LogP contribution in [0.2, 0.25) is 18.1 Å². The van der Waals surface area contributed by atoms with Crippen molar-refractivity contribution in [3.8, 4) is 0 Å². The van der Waals surface area contributed by atoms with Crippen LogP contribution in [0.5, 0.6) is 0 Å². The van der Waals surface area contributed by atoms with Gasteiger partial charge in [0.1, 0.15) is 12.2 Å². The molecule has 1 saturated heterocycles. The van der Waals surface area contributed by atoms with Gasteiger partial charge < -0.3 is 29.2 Å². The van der Waals surface area contributed by atoms with Crippen LogP contribution in [0.3, 0.4) is 0 Å². The second kappa shape index (κ2) is 14.0. The first kappa shape index (κ1) is 33.9. The highest BCUT2D eigenvalue weighted by molar-refractivity contribution is 8.00. The van der Waals surface area contributed by atoms with Gasteiger partial charge in [0.05, 0.1) is 23.7 Å². The van der Waals surface area contributed by atoms with Crippen molar-refractivity contribution in [1.29, 1.82) is 0 Å². The molecule has 0 bridgehead atoms. The number of rotatable bonds is 11. The van der Waals surface area contributed by atoms with Crippen molar-refractivity contribution >= 4 is 38.0 Å². The predicted octanol–water partition coefficient (Wildman–Crippen LogP) is 5.31. The van der Waals surface area contributed by atoms with Crippen molar-refractivity contribution < 1.29 is 33.5 Å². The van der Waals surface area contributed by atoms with Crippen LogP contribution in [0.1, 0.15) is 53.5 Å². The van der Waals surface area contributed by atoms with Crippen LogP contribution in [0, 0.1) is 10.1 Å². The van der Waals surface area contributed by atoms with Crippen molar-refractivity contribution in [2.24, 2.45) is 0 Å². The summed E-state index contributed by atoms with van der Waals surface area (Å²) in [6, 6.07) is 5.48. The number of hydrogen-bond donors (Lipinski definition) is 2. The molecular weight excluding hydrogens is 554 g/mol. The van der Waals surface area contributed by atoms with Gasteiger partial charge in [0, 0.05) is 36.2 Å². The van der Waals surface area contributed by atoms with Gasteiger partial charge in [0.2, 0.25) is 0 Å². The van der Waals surface area contributed by atoms with E-state index >= 15 is 0 Å². The second-order valence-electron chi connectivity index (χ2n) is 12.4. The van der Waals surface area contributed by atoms with E-state index in [1.165, 1.54) is 36.0 Å². The fourth-order valence-corrected chi connectivity index (χ4v) is 6.44. The summed E-state index contributed by atoms with van der Waals surface area (Å²) in [7, 11) is -2.11. The van der Waals surface area contributed by atoms with E-state index in [-0.39, 0.29) is 47.9 Å². The summed E-state index contributed by atoms with van der Waals surface area (Å²) in [6.07, 6.45) is -0.684. The Bertz CT molecular complexity index is 1010. The van der Waals surface area contributed by atoms with Gasteiger partial charge in [-0.15, -0.1) is 0 Å². The van der Waals surface area contributed by atoms with Gasteiger partial charge in [-0.2, -0.15) is 11.8 Å². The van der Waals surface area contributed by atoms with Crippen LogP contribution in [-0.4, -0.2) is 83.9 Å². The molecule has 13 heteroatoms. The summed E-state index contributed by atoms with van der Waals surface area (Å²) in [6.45, 7) is 16.8. The van der Waals surface area contributed by atoms with E-state index in [4.69, 9.17) is 13.9 Å². The molecule has 2 rings (SSSR count). The standard InChI is InChI=1S/C27H45N3O8SSi/c1-26(2,3)37-25(33)29-17-21(38-40(7,8)27(4,5)6)15-22(29)23(39-14-13-31)16-28-24(32)36-18-19-9-11-20(12-10-19)30(34)35/h9-12,21-23,31H,13-18H2,1-8H3,(H,28,32)/t21-,22+,23?/m1/s1. The number of nitrogens with zero attached hydrogens (tertiary/aromatic N) is 2. The Kier molecular flexibility index (Phi) is 11.9. The molecule has 40 heavy (non-hydrogen) atoms. The molecule has 1 fully saturated rings. The molecule has 1 heterocycles. The summed E-state index contributed by atoms with van der Waals surface area (Å²) < 4.78 is 17.7. The van der Waals surface area contributed by atoms with E-state index in [1.54, 1.807) is 4.90 Å². The molecule has 0 spiro atoms. The third kappa shape index (κ3) is 10.2. The van der Waals surface area contributed by atoms with E-state index in [9.17, 15) is 24.8 Å². The highest BCUT2D eigenvalue weighted by Gasteiger charge is 2.46. The quantitative estimate of drug-likeness (QED) is 0.197. The van der Waals surface area contributed by atoms with Gasteiger partial charge in [-0.3, -0.25) is 10.1 Å². The van der Waals surface area contributed by atoms with Crippen molar-refractivity contribution in [3.63, 3.8) is 0 Å². The predicted molar refractivity (Wildman–Crippen MR) is 158 cm³/mol. The zero-order chi connectivity index (χ0) is 30.3. The maximum Gasteiger partial charge on any atom is 0.410 e. The lowest BCUT2D eigenvalue weighted by Crippen LogP contribution is -2.48. The average molecular weight is 600 g/mol. The average Bonchev–Trinajstić information content (AvgIpc) is 3.24. The lowest BCUT2D eigenvalue weighted by atomic mass is 10.1. The van der Waals surface area contributed by atoms with Gasteiger partial charge in [-0.05, 0) is 63.0 Å². The third-order valence-electron chi connectivity index (χ3n) is 7.02. The van der Waals surface area contributed by atoms with E-state index in [1.807, 2.05) is 20.8 Å². The number of ether oxygens (including phenoxy) is 2. The van der Waals surface area contributed by atoms with Gasteiger partial charge in [-0.1, -0.05) is 20.8 Å². The Morgan fingerprint density at radius 3 is 2.35 bits per heavy atom. The minimum absolute atomic E-state index is 0.00185. The van der Waals surface area contributed by atoms with Crippen LogP contribution in [-0.2, 0) is 20.5 Å². The van der Waals surface area contributed by atoms with Crippen LogP contribution in [0.25, 0.3) is 0 Å². The van der Waals surface area contributed by atoms with Crippen molar-refractivity contribution in [3.05, 3.63) is 39.9 Å². The molecule has 0 aromatic heterocycles. The van der Waals surface area contributed by atoms with Gasteiger partial charge >= 0.3 is 12.2 Å². The number of benzene rings is 1. The third-order valence-corrected chi connectivity index (χ3v) is 12.9. The number of alkyl carbamates (subject to hydrolysis) is 1. The number of amides is 2. The fourth-order valence-electron chi connectivity index (χ4n) is 4.00. The zero-order valence-corrected chi connectivity index (χ0v) is 26.7. The Labute approximate surface area is 242 Å². The normalized spacial score (nSPS) is 18.8. The topological polar surface area (TPSA) is 140 Å². The minimum atomic E-state index is -2.11. The molecule has 0 saturated carbocycles. The van der Waals surface area contributed by atoms with Crippen LogP contribution >= 0.6 is 11.8 Å². The number of hydrogen-bond acceptors (Lipinski definition) is 9. The first-order valence-electron chi connectivity index (χ1n) is 13.5. The molecule has 1 aromatic rings. The zero-order valence-electron chi connectivity index (χ0n) is 24.9. The Balaban J connectivity index is 2.13. The van der Waals surface area contributed by atoms with Gasteiger partial charge in [-0.25, -0.2) is 9.59 Å². The summed E-state index contributed by atoms with van der Waals surface area (Å²) in [5.41, 5.74) is -0.100. The molecule has 1 unspecified atom stereocenters. The molecule has 1 aliphatic rings. The number of aliphatic hydroxyl groups excluding tert-OH is 1. The molecule has 0 aliphatic carbocycles. The largest absolute Gasteiger partial charge is 0.445 e. The number of likely N-dealkylation sites (tertiary alicyclic amines) is 1. The maximum absolute atomic E-state index is 13.3. The number of carbonyl (C=O) groups is 2. The Hall–Kier alpha value is -2.35. The lowest BCUT2D eigenvalue weighted by molar-refractivity contribution is -0.384. The molecule has 3 atom stereocenters. The number of non-ortho nitro benzene ring substituents is 1. The molecule has 11 nitrogen and oxygen atoms in total. The Morgan fingerprint density at radius 1 is 1.20 bits per heavy atom. The molecular formula is C27H45N3O8SSi.